The molecule has 0 fully saturated rings. The number of nitrogens with zero attached hydrogens (tertiary/aromatic N) is 4. The van der Waals surface area contributed by atoms with E-state index in [9.17, 15) is 9.59 Å². The molecule has 1 aromatic rings. The molecule has 0 spiro atoms. The summed E-state index contributed by atoms with van der Waals surface area (Å²) < 4.78 is 0. The summed E-state index contributed by atoms with van der Waals surface area (Å²) >= 11 is 0. The van der Waals surface area contributed by atoms with Gasteiger partial charge in [-0.15, -0.1) is 0 Å². The average Bonchev–Trinajstić information content (AvgIpc) is 2.76. The molecule has 0 unspecified atom stereocenters. The molecule has 4 amide bonds. The van der Waals surface area contributed by atoms with Crippen LogP contribution in [0.5, 0.6) is 0 Å². The molecule has 0 radical (unpaired) electrons. The Balaban J connectivity index is 2.26. The van der Waals surface area contributed by atoms with E-state index in [0.717, 1.165) is 5.56 Å². The van der Waals surface area contributed by atoms with Crippen LogP contribution >= 0.6 is 0 Å². The molecule has 1 N–H and O–H groups in total. The summed E-state index contributed by atoms with van der Waals surface area (Å²) in [4.78, 5) is 34.2. The molecule has 2 heterocycles. The van der Waals surface area contributed by atoms with Gasteiger partial charge < -0.3 is 10.2 Å². The minimum Gasteiger partial charge on any atom is -0.340 e. The Labute approximate surface area is 129 Å². The molecular formula is C15H19N5O2. The van der Waals surface area contributed by atoms with E-state index in [2.05, 4.69) is 10.3 Å². The van der Waals surface area contributed by atoms with Crippen molar-refractivity contribution in [1.29, 1.82) is 0 Å². The maximum atomic E-state index is 12.7. The molecule has 7 heteroatoms. The van der Waals surface area contributed by atoms with E-state index in [0.29, 0.717) is 17.3 Å². The maximum Gasteiger partial charge on any atom is 0.333 e. The molecule has 0 bridgehead atoms. The first-order valence-electron chi connectivity index (χ1n) is 7.08. The van der Waals surface area contributed by atoms with E-state index in [-0.39, 0.29) is 12.1 Å². The van der Waals surface area contributed by atoms with Crippen LogP contribution in [0.2, 0.25) is 0 Å². The highest BCUT2D eigenvalue weighted by atomic mass is 16.2. The second-order valence-corrected chi connectivity index (χ2v) is 5.97. The predicted molar refractivity (Wildman–Crippen MR) is 85.3 cm³/mol. The molecule has 116 valence electrons. The van der Waals surface area contributed by atoms with Gasteiger partial charge in [0.1, 0.15) is 5.66 Å². The van der Waals surface area contributed by atoms with Crippen molar-refractivity contribution in [2.24, 2.45) is 4.99 Å². The van der Waals surface area contributed by atoms with Crippen molar-refractivity contribution in [3.63, 3.8) is 0 Å². The Kier molecular flexibility index (Phi) is 2.91. The van der Waals surface area contributed by atoms with Gasteiger partial charge in [-0.25, -0.2) is 24.4 Å². The third-order valence-electron chi connectivity index (χ3n) is 4.10. The van der Waals surface area contributed by atoms with Crippen LogP contribution in [-0.2, 0) is 0 Å². The van der Waals surface area contributed by atoms with Crippen molar-refractivity contribution in [1.82, 2.24) is 10.2 Å². The van der Waals surface area contributed by atoms with Crippen LogP contribution in [0, 0.1) is 6.92 Å². The zero-order valence-electron chi connectivity index (χ0n) is 13.3. The number of carbonyl (C=O) groups is 2. The van der Waals surface area contributed by atoms with Gasteiger partial charge in [-0.2, -0.15) is 0 Å². The molecule has 2 aliphatic heterocycles. The standard InChI is InChI=1S/C15H19N5O2/c1-9-6-7-10-11(8-9)19(13(21)16-4)12-17-15(2,3)18(5)14(22)20(10)12/h6-8H,1-5H3,(H,16,21). The first kappa shape index (κ1) is 14.4. The molecule has 22 heavy (non-hydrogen) atoms. The molecule has 1 aromatic carbocycles. The Morgan fingerprint density at radius 1 is 1.27 bits per heavy atom. The number of rotatable bonds is 0. The van der Waals surface area contributed by atoms with Crippen LogP contribution in [0.1, 0.15) is 19.4 Å². The van der Waals surface area contributed by atoms with Gasteiger partial charge in [0.05, 0.1) is 11.4 Å². The third-order valence-corrected chi connectivity index (χ3v) is 4.10. The quantitative estimate of drug-likeness (QED) is 0.797. The van der Waals surface area contributed by atoms with Crippen molar-refractivity contribution in [2.45, 2.75) is 26.4 Å². The molecular weight excluding hydrogens is 282 g/mol. The first-order chi connectivity index (χ1) is 10.3. The highest BCUT2D eigenvalue weighted by Crippen LogP contribution is 2.41. The molecule has 0 aliphatic carbocycles. The molecule has 3 rings (SSSR count). The summed E-state index contributed by atoms with van der Waals surface area (Å²) in [5, 5.41) is 2.61. The van der Waals surface area contributed by atoms with Gasteiger partial charge in [0, 0.05) is 14.1 Å². The fourth-order valence-corrected chi connectivity index (χ4v) is 2.62. The van der Waals surface area contributed by atoms with Gasteiger partial charge in [0.15, 0.2) is 0 Å². The lowest BCUT2D eigenvalue weighted by molar-refractivity contribution is 0.164. The van der Waals surface area contributed by atoms with Crippen molar-refractivity contribution < 1.29 is 9.59 Å². The van der Waals surface area contributed by atoms with Crippen LogP contribution in [0.3, 0.4) is 0 Å². The smallest absolute Gasteiger partial charge is 0.333 e. The number of urea groups is 2. The van der Waals surface area contributed by atoms with Gasteiger partial charge >= 0.3 is 12.1 Å². The summed E-state index contributed by atoms with van der Waals surface area (Å²) in [6, 6.07) is 5.11. The number of carbonyl (C=O) groups excluding carboxylic acids is 2. The number of nitrogens with one attached hydrogen (secondary N) is 1. The number of aliphatic imine (C=N–C) groups is 1. The summed E-state index contributed by atoms with van der Waals surface area (Å²) in [7, 11) is 3.27. The molecule has 0 atom stereocenters. The SMILES string of the molecule is CNC(=O)N1C2=NC(C)(C)N(C)C(=O)N2c2ccc(C)cc21. The fourth-order valence-electron chi connectivity index (χ4n) is 2.62. The number of hydrogen-bond acceptors (Lipinski definition) is 3. The fraction of sp³-hybridized carbons (Fsp3) is 0.400. The van der Waals surface area contributed by atoms with E-state index < -0.39 is 5.66 Å². The Morgan fingerprint density at radius 3 is 2.59 bits per heavy atom. The van der Waals surface area contributed by atoms with Crippen LogP contribution in [0.15, 0.2) is 23.2 Å². The first-order valence-corrected chi connectivity index (χ1v) is 7.08. The van der Waals surface area contributed by atoms with E-state index in [1.54, 1.807) is 19.0 Å². The largest absolute Gasteiger partial charge is 0.340 e. The van der Waals surface area contributed by atoms with Gasteiger partial charge in [-0.05, 0) is 38.5 Å². The molecule has 7 nitrogen and oxygen atoms in total. The molecule has 0 saturated carbocycles. The van der Waals surface area contributed by atoms with Crippen LogP contribution in [0.25, 0.3) is 0 Å². The summed E-state index contributed by atoms with van der Waals surface area (Å²) in [6.45, 7) is 5.62. The number of amides is 4. The van der Waals surface area contributed by atoms with E-state index in [1.807, 2.05) is 39.0 Å². The lowest BCUT2D eigenvalue weighted by atomic mass is 10.2. The highest BCUT2D eigenvalue weighted by molar-refractivity contribution is 6.35. The second-order valence-electron chi connectivity index (χ2n) is 5.97. The number of fused-ring (bicyclic) bond motifs is 3. The normalized spacial score (nSPS) is 18.9. The van der Waals surface area contributed by atoms with Crippen molar-refractivity contribution in [3.05, 3.63) is 23.8 Å². The number of anilines is 2. The van der Waals surface area contributed by atoms with Crippen molar-refractivity contribution in [3.8, 4) is 0 Å². The zero-order chi connectivity index (χ0) is 16.2. The lowest BCUT2D eigenvalue weighted by Gasteiger charge is -2.40. The van der Waals surface area contributed by atoms with Gasteiger partial charge in [0.25, 0.3) is 0 Å². The van der Waals surface area contributed by atoms with E-state index in [1.165, 1.54) is 9.80 Å². The number of benzene rings is 1. The maximum absolute atomic E-state index is 12.7. The zero-order valence-corrected chi connectivity index (χ0v) is 13.3. The number of hydrogen-bond donors (Lipinski definition) is 1. The minimum atomic E-state index is -0.716. The minimum absolute atomic E-state index is 0.202. The molecule has 0 aromatic heterocycles. The Bertz CT molecular complexity index is 710. The topological polar surface area (TPSA) is 68.2 Å². The third kappa shape index (κ3) is 1.78. The predicted octanol–water partition coefficient (Wildman–Crippen LogP) is 2.12. The Morgan fingerprint density at radius 2 is 1.95 bits per heavy atom. The van der Waals surface area contributed by atoms with Crippen LogP contribution < -0.4 is 15.1 Å². The van der Waals surface area contributed by atoms with Gasteiger partial charge in [0.2, 0.25) is 5.96 Å². The highest BCUT2D eigenvalue weighted by Gasteiger charge is 2.48. The molecule has 0 saturated heterocycles. The Hall–Kier alpha value is -2.57. The van der Waals surface area contributed by atoms with Crippen molar-refractivity contribution in [2.75, 3.05) is 23.9 Å². The van der Waals surface area contributed by atoms with Crippen molar-refractivity contribution >= 4 is 29.4 Å². The van der Waals surface area contributed by atoms with E-state index >= 15 is 0 Å². The van der Waals surface area contributed by atoms with Crippen LogP contribution in [0.4, 0.5) is 21.0 Å². The second kappa shape index (κ2) is 4.46. The van der Waals surface area contributed by atoms with E-state index in [4.69, 9.17) is 0 Å². The number of guanidine groups is 1. The van der Waals surface area contributed by atoms with Crippen LogP contribution in [-0.4, -0.2) is 42.7 Å². The number of aryl methyl sites for hydroxylation is 1. The summed E-state index contributed by atoms with van der Waals surface area (Å²) in [6.07, 6.45) is 0. The van der Waals surface area contributed by atoms with Gasteiger partial charge in [-0.1, -0.05) is 6.07 Å². The summed E-state index contributed by atoms with van der Waals surface area (Å²) in [5.74, 6) is 0.341. The lowest BCUT2D eigenvalue weighted by Crippen LogP contribution is -2.60. The average molecular weight is 301 g/mol. The summed E-state index contributed by atoms with van der Waals surface area (Å²) in [5.41, 5.74) is 1.62. The monoisotopic (exact) mass is 301 g/mol. The molecule has 2 aliphatic rings. The van der Waals surface area contributed by atoms with Gasteiger partial charge in [-0.3, -0.25) is 0 Å².